The Labute approximate surface area is 168 Å². The molecule has 1 aromatic heterocycles. The first kappa shape index (κ1) is 18.1. The van der Waals surface area contributed by atoms with Crippen LogP contribution in [-0.2, 0) is 17.9 Å². The molecule has 2 unspecified atom stereocenters. The van der Waals surface area contributed by atoms with Gasteiger partial charge in [-0.05, 0) is 17.2 Å². The minimum absolute atomic E-state index is 0.117. The number of benzene rings is 2. The Bertz CT molecular complexity index is 1120. The lowest BCUT2D eigenvalue weighted by Gasteiger charge is -2.42. The third kappa shape index (κ3) is 2.87. The van der Waals surface area contributed by atoms with Gasteiger partial charge in [-0.15, -0.1) is 0 Å². The minimum atomic E-state index is -0.477. The maximum atomic E-state index is 12.9. The zero-order chi connectivity index (χ0) is 20.1. The van der Waals surface area contributed by atoms with Crippen molar-refractivity contribution in [3.8, 4) is 0 Å². The van der Waals surface area contributed by atoms with Gasteiger partial charge in [0, 0.05) is 48.8 Å². The second-order valence-electron chi connectivity index (χ2n) is 7.98. The molecule has 5 rings (SSSR count). The van der Waals surface area contributed by atoms with Gasteiger partial charge in [-0.2, -0.15) is 0 Å². The molecule has 3 aromatic rings. The number of hydrogen-bond donors (Lipinski definition) is 1. The lowest BCUT2D eigenvalue weighted by Crippen LogP contribution is -2.52. The molecule has 148 valence electrons. The summed E-state index contributed by atoms with van der Waals surface area (Å²) in [4.78, 5) is 28.7. The molecule has 2 aliphatic rings. The van der Waals surface area contributed by atoms with Crippen molar-refractivity contribution in [2.75, 3.05) is 26.9 Å². The number of fused-ring (bicyclic) bond motifs is 6. The molecule has 3 heterocycles. The standard InChI is InChI=1S/C23H23N3O3/c1-24-14-25-11-18(23(24)29)22-17-4-2-3-5-19(17)26(20(22)12-25)10-15-6-8-16(9-7-15)21(28)13-27/h2-9,18,27H,10-14H2,1H3. The Morgan fingerprint density at radius 1 is 1.14 bits per heavy atom. The molecule has 29 heavy (non-hydrogen) atoms. The monoisotopic (exact) mass is 389 g/mol. The number of carbonyl (C=O) groups is 2. The van der Waals surface area contributed by atoms with Crippen LogP contribution in [0.25, 0.3) is 10.9 Å². The largest absolute Gasteiger partial charge is 0.388 e. The van der Waals surface area contributed by atoms with E-state index in [-0.39, 0.29) is 17.6 Å². The summed E-state index contributed by atoms with van der Waals surface area (Å²) >= 11 is 0. The first-order chi connectivity index (χ1) is 14.1. The molecule has 0 saturated carbocycles. The summed E-state index contributed by atoms with van der Waals surface area (Å²) in [5, 5.41) is 10.2. The highest BCUT2D eigenvalue weighted by Gasteiger charge is 2.40. The second kappa shape index (κ2) is 6.83. The van der Waals surface area contributed by atoms with E-state index >= 15 is 0 Å². The van der Waals surface area contributed by atoms with Crippen LogP contribution in [0.5, 0.6) is 0 Å². The molecule has 6 nitrogen and oxygen atoms in total. The van der Waals surface area contributed by atoms with Crippen molar-refractivity contribution in [1.29, 1.82) is 0 Å². The Morgan fingerprint density at radius 3 is 2.66 bits per heavy atom. The Hall–Kier alpha value is -2.96. The highest BCUT2D eigenvalue weighted by atomic mass is 16.3. The van der Waals surface area contributed by atoms with E-state index in [4.69, 9.17) is 5.11 Å². The van der Waals surface area contributed by atoms with Crippen molar-refractivity contribution in [3.63, 3.8) is 0 Å². The smallest absolute Gasteiger partial charge is 0.232 e. The van der Waals surface area contributed by atoms with Crippen molar-refractivity contribution in [3.05, 3.63) is 70.9 Å². The highest BCUT2D eigenvalue weighted by Crippen LogP contribution is 2.40. The number of carbonyl (C=O) groups excluding carboxylic acids is 2. The maximum Gasteiger partial charge on any atom is 0.232 e. The van der Waals surface area contributed by atoms with Crippen molar-refractivity contribution in [1.82, 2.24) is 14.4 Å². The predicted octanol–water partition coefficient (Wildman–Crippen LogP) is 2.19. The number of amides is 1. The fourth-order valence-corrected chi connectivity index (χ4v) is 4.76. The van der Waals surface area contributed by atoms with Crippen LogP contribution in [0.2, 0.25) is 0 Å². The molecular weight excluding hydrogens is 366 g/mol. The van der Waals surface area contributed by atoms with E-state index in [0.29, 0.717) is 18.8 Å². The molecular formula is C23H23N3O3. The molecule has 2 bridgehead atoms. The van der Waals surface area contributed by atoms with Crippen LogP contribution in [0.3, 0.4) is 0 Å². The van der Waals surface area contributed by atoms with Crippen LogP contribution in [0, 0.1) is 0 Å². The fraction of sp³-hybridized carbons (Fsp3) is 0.304. The average molecular weight is 389 g/mol. The number of ketones is 1. The number of para-hydroxylation sites is 1. The van der Waals surface area contributed by atoms with Crippen LogP contribution in [0.4, 0.5) is 0 Å². The van der Waals surface area contributed by atoms with Crippen LogP contribution >= 0.6 is 0 Å². The molecule has 1 N–H and O–H groups in total. The van der Waals surface area contributed by atoms with Crippen molar-refractivity contribution in [2.45, 2.75) is 19.0 Å². The SMILES string of the molecule is CN1CN2Cc3c(c4ccccc4n3Cc3ccc(C(=O)CO)cc3)C(C2)C1=O. The van der Waals surface area contributed by atoms with Gasteiger partial charge in [0.2, 0.25) is 5.91 Å². The molecule has 6 heteroatoms. The summed E-state index contributed by atoms with van der Waals surface area (Å²) in [6.45, 7) is 2.46. The highest BCUT2D eigenvalue weighted by molar-refractivity contribution is 5.97. The van der Waals surface area contributed by atoms with Gasteiger partial charge < -0.3 is 14.6 Å². The Balaban J connectivity index is 1.60. The molecule has 2 aliphatic heterocycles. The van der Waals surface area contributed by atoms with Crippen molar-refractivity contribution < 1.29 is 14.7 Å². The van der Waals surface area contributed by atoms with E-state index in [2.05, 4.69) is 21.6 Å². The number of nitrogens with zero attached hydrogens (tertiary/aromatic N) is 3. The Kier molecular flexibility index (Phi) is 4.26. The number of aliphatic hydroxyl groups excluding tert-OH is 1. The lowest BCUT2D eigenvalue weighted by molar-refractivity contribution is -0.139. The first-order valence-corrected chi connectivity index (χ1v) is 9.87. The topological polar surface area (TPSA) is 65.8 Å². The summed E-state index contributed by atoms with van der Waals surface area (Å²) in [6, 6.07) is 15.7. The molecule has 0 spiro atoms. The number of likely N-dealkylation sites (N-methyl/N-ethyl adjacent to an activating group) is 1. The van der Waals surface area contributed by atoms with Gasteiger partial charge in [-0.25, -0.2) is 0 Å². The van der Waals surface area contributed by atoms with Gasteiger partial charge in [-0.1, -0.05) is 42.5 Å². The molecule has 0 radical (unpaired) electrons. The lowest BCUT2D eigenvalue weighted by atomic mass is 9.89. The third-order valence-electron chi connectivity index (χ3n) is 6.13. The minimum Gasteiger partial charge on any atom is -0.388 e. The maximum absolute atomic E-state index is 12.9. The molecule has 1 fully saturated rings. The first-order valence-electron chi connectivity index (χ1n) is 9.87. The third-order valence-corrected chi connectivity index (χ3v) is 6.13. The summed E-state index contributed by atoms with van der Waals surface area (Å²) < 4.78 is 2.31. The Morgan fingerprint density at radius 2 is 1.90 bits per heavy atom. The zero-order valence-corrected chi connectivity index (χ0v) is 16.3. The van der Waals surface area contributed by atoms with Crippen LogP contribution in [-0.4, -0.2) is 58.0 Å². The number of Topliss-reactive ketones (excluding diaryl/α,β-unsaturated/α-hetero) is 1. The predicted molar refractivity (Wildman–Crippen MR) is 110 cm³/mol. The van der Waals surface area contributed by atoms with Gasteiger partial charge in [0.15, 0.2) is 5.78 Å². The quantitative estimate of drug-likeness (QED) is 0.695. The number of aromatic nitrogens is 1. The summed E-state index contributed by atoms with van der Waals surface area (Å²) in [6.07, 6.45) is 0. The van der Waals surface area contributed by atoms with Gasteiger partial charge in [0.1, 0.15) is 6.61 Å². The van der Waals surface area contributed by atoms with Crippen LogP contribution in [0.1, 0.15) is 33.1 Å². The second-order valence-corrected chi connectivity index (χ2v) is 7.98. The normalized spacial score (nSPS) is 20.8. The van der Waals surface area contributed by atoms with Crippen molar-refractivity contribution in [2.24, 2.45) is 0 Å². The van der Waals surface area contributed by atoms with Gasteiger partial charge in [-0.3, -0.25) is 14.5 Å². The van der Waals surface area contributed by atoms with Gasteiger partial charge >= 0.3 is 0 Å². The van der Waals surface area contributed by atoms with E-state index in [9.17, 15) is 9.59 Å². The fourth-order valence-electron chi connectivity index (χ4n) is 4.76. The summed E-state index contributed by atoms with van der Waals surface area (Å²) in [5.41, 5.74) is 5.11. The van der Waals surface area contributed by atoms with Crippen LogP contribution < -0.4 is 0 Å². The van der Waals surface area contributed by atoms with E-state index in [1.165, 1.54) is 11.3 Å². The van der Waals surface area contributed by atoms with E-state index in [1.54, 1.807) is 12.1 Å². The summed E-state index contributed by atoms with van der Waals surface area (Å²) in [7, 11) is 1.88. The van der Waals surface area contributed by atoms with E-state index in [0.717, 1.165) is 29.6 Å². The van der Waals surface area contributed by atoms with E-state index in [1.807, 2.05) is 36.2 Å². The van der Waals surface area contributed by atoms with Crippen molar-refractivity contribution >= 4 is 22.6 Å². The molecule has 1 saturated heterocycles. The number of hydrogen-bond acceptors (Lipinski definition) is 4. The van der Waals surface area contributed by atoms with Gasteiger partial charge in [0.05, 0.1) is 12.6 Å². The number of rotatable bonds is 4. The van der Waals surface area contributed by atoms with Crippen LogP contribution in [0.15, 0.2) is 48.5 Å². The molecule has 2 aromatic carbocycles. The molecule has 1 amide bonds. The summed E-state index contributed by atoms with van der Waals surface area (Å²) in [5.74, 6) is -0.200. The van der Waals surface area contributed by atoms with E-state index < -0.39 is 6.61 Å². The molecule has 2 atom stereocenters. The van der Waals surface area contributed by atoms with Gasteiger partial charge in [0.25, 0.3) is 0 Å². The number of aliphatic hydroxyl groups is 1. The zero-order valence-electron chi connectivity index (χ0n) is 16.3. The average Bonchev–Trinajstić information content (AvgIpc) is 3.05. The molecule has 0 aliphatic carbocycles.